The van der Waals surface area contributed by atoms with Gasteiger partial charge in [0.25, 0.3) is 0 Å². The van der Waals surface area contributed by atoms with Crippen molar-refractivity contribution in [1.82, 2.24) is 9.59 Å². The summed E-state index contributed by atoms with van der Waals surface area (Å²) in [6.45, 7) is 3.63. The zero-order valence-corrected chi connectivity index (χ0v) is 13.2. The molecule has 5 heteroatoms. The van der Waals surface area contributed by atoms with Crippen LogP contribution in [-0.4, -0.2) is 16.1 Å². The number of hydrogen-bond donors (Lipinski definition) is 1. The standard InChI is InChI=1S/C16H21N3OS/c1-2-10-17-16-14(18-19-21-16)11-20-15-9-5-7-12-6-3-4-8-13(12)15/h3-4,6,8,15,17H,2,5,7,9-11H2,1H3. The Balaban J connectivity index is 1.65. The number of nitrogens with zero attached hydrogens (tertiary/aromatic N) is 2. The Bertz CT molecular complexity index is 584. The van der Waals surface area contributed by atoms with E-state index in [1.165, 1.54) is 29.1 Å². The lowest BCUT2D eigenvalue weighted by atomic mass is 9.89. The summed E-state index contributed by atoms with van der Waals surface area (Å²) in [4.78, 5) is 0. The summed E-state index contributed by atoms with van der Waals surface area (Å²) in [7, 11) is 0. The van der Waals surface area contributed by atoms with Gasteiger partial charge in [-0.15, -0.1) is 5.10 Å². The molecule has 0 aliphatic heterocycles. The van der Waals surface area contributed by atoms with Crippen LogP contribution in [0.4, 0.5) is 5.00 Å². The molecule has 4 nitrogen and oxygen atoms in total. The predicted octanol–water partition coefficient (Wildman–Crippen LogP) is 3.95. The van der Waals surface area contributed by atoms with Gasteiger partial charge in [0, 0.05) is 18.1 Å². The second-order valence-corrected chi connectivity index (χ2v) is 6.12. The topological polar surface area (TPSA) is 47.0 Å². The third kappa shape index (κ3) is 3.41. The number of ether oxygens (including phenoxy) is 1. The molecule has 2 aromatic rings. The number of benzene rings is 1. The van der Waals surface area contributed by atoms with Gasteiger partial charge in [0.2, 0.25) is 0 Å². The number of hydrogen-bond acceptors (Lipinski definition) is 5. The van der Waals surface area contributed by atoms with Gasteiger partial charge in [0.05, 0.1) is 12.7 Å². The normalized spacial score (nSPS) is 17.5. The summed E-state index contributed by atoms with van der Waals surface area (Å²) in [6.07, 6.45) is 4.73. The summed E-state index contributed by atoms with van der Waals surface area (Å²) in [5.41, 5.74) is 3.70. The molecule has 1 N–H and O–H groups in total. The van der Waals surface area contributed by atoms with E-state index >= 15 is 0 Å². The second-order valence-electron chi connectivity index (χ2n) is 5.37. The van der Waals surface area contributed by atoms with Crippen LogP contribution in [0.25, 0.3) is 0 Å². The van der Waals surface area contributed by atoms with Crippen molar-refractivity contribution in [2.24, 2.45) is 0 Å². The molecule has 1 unspecified atom stereocenters. The highest BCUT2D eigenvalue weighted by Gasteiger charge is 2.21. The smallest absolute Gasteiger partial charge is 0.135 e. The highest BCUT2D eigenvalue weighted by molar-refractivity contribution is 7.10. The van der Waals surface area contributed by atoms with E-state index in [1.54, 1.807) is 0 Å². The summed E-state index contributed by atoms with van der Waals surface area (Å²) < 4.78 is 10.2. The lowest BCUT2D eigenvalue weighted by Crippen LogP contribution is -2.13. The molecule has 1 aliphatic rings. The molecule has 21 heavy (non-hydrogen) atoms. The minimum absolute atomic E-state index is 0.190. The number of fused-ring (bicyclic) bond motifs is 1. The number of aromatic nitrogens is 2. The quantitative estimate of drug-likeness (QED) is 0.877. The van der Waals surface area contributed by atoms with Crippen LogP contribution in [0.15, 0.2) is 24.3 Å². The molecule has 3 rings (SSSR count). The molecule has 0 saturated heterocycles. The summed E-state index contributed by atoms with van der Waals surface area (Å²) in [5, 5.41) is 8.60. The van der Waals surface area contributed by atoms with Crippen LogP contribution in [-0.2, 0) is 17.8 Å². The summed E-state index contributed by atoms with van der Waals surface area (Å²) in [5.74, 6) is 0. The van der Waals surface area contributed by atoms with Crippen molar-refractivity contribution < 1.29 is 4.74 Å². The van der Waals surface area contributed by atoms with Crippen LogP contribution in [0.2, 0.25) is 0 Å². The molecule has 0 amide bonds. The van der Waals surface area contributed by atoms with E-state index < -0.39 is 0 Å². The fraction of sp³-hybridized carbons (Fsp3) is 0.500. The Kier molecular flexibility index (Phi) is 4.83. The maximum atomic E-state index is 6.14. The van der Waals surface area contributed by atoms with Crippen LogP contribution in [0.5, 0.6) is 0 Å². The predicted molar refractivity (Wildman–Crippen MR) is 85.6 cm³/mol. The lowest BCUT2D eigenvalue weighted by Gasteiger charge is -2.25. The van der Waals surface area contributed by atoms with E-state index in [-0.39, 0.29) is 6.10 Å². The zero-order valence-electron chi connectivity index (χ0n) is 12.3. The lowest BCUT2D eigenvalue weighted by molar-refractivity contribution is 0.0267. The molecule has 1 aliphatic carbocycles. The second kappa shape index (κ2) is 7.00. The fourth-order valence-electron chi connectivity index (χ4n) is 2.74. The highest BCUT2D eigenvalue weighted by atomic mass is 32.1. The van der Waals surface area contributed by atoms with Crippen molar-refractivity contribution >= 4 is 16.5 Å². The van der Waals surface area contributed by atoms with Crippen molar-refractivity contribution in [1.29, 1.82) is 0 Å². The number of nitrogens with one attached hydrogen (secondary N) is 1. The van der Waals surface area contributed by atoms with Crippen molar-refractivity contribution in [3.63, 3.8) is 0 Å². The Hall–Kier alpha value is -1.46. The van der Waals surface area contributed by atoms with Gasteiger partial charge in [-0.05, 0) is 36.8 Å². The van der Waals surface area contributed by atoms with Crippen LogP contribution in [0, 0.1) is 0 Å². The molecule has 0 saturated carbocycles. The maximum Gasteiger partial charge on any atom is 0.135 e. The average molecular weight is 303 g/mol. The highest BCUT2D eigenvalue weighted by Crippen LogP contribution is 2.33. The van der Waals surface area contributed by atoms with Crippen molar-refractivity contribution in [2.75, 3.05) is 11.9 Å². The molecular formula is C16H21N3OS. The van der Waals surface area contributed by atoms with Crippen LogP contribution in [0.1, 0.15) is 49.1 Å². The van der Waals surface area contributed by atoms with E-state index in [1.807, 2.05) is 0 Å². The molecule has 112 valence electrons. The third-order valence-electron chi connectivity index (χ3n) is 3.83. The molecule has 1 aromatic heterocycles. The molecular weight excluding hydrogens is 282 g/mol. The maximum absolute atomic E-state index is 6.14. The van der Waals surface area contributed by atoms with E-state index in [2.05, 4.69) is 46.1 Å². The minimum Gasteiger partial charge on any atom is -0.374 e. The van der Waals surface area contributed by atoms with Gasteiger partial charge < -0.3 is 10.1 Å². The van der Waals surface area contributed by atoms with Gasteiger partial charge in [-0.1, -0.05) is 35.7 Å². The molecule has 0 bridgehead atoms. The Labute approximate surface area is 129 Å². The van der Waals surface area contributed by atoms with Crippen molar-refractivity contribution in [2.45, 2.75) is 45.3 Å². The van der Waals surface area contributed by atoms with Crippen LogP contribution >= 0.6 is 11.5 Å². The van der Waals surface area contributed by atoms with Gasteiger partial charge in [-0.2, -0.15) is 0 Å². The monoisotopic (exact) mass is 303 g/mol. The van der Waals surface area contributed by atoms with Gasteiger partial charge in [0.15, 0.2) is 0 Å². The number of aryl methyl sites for hydroxylation is 1. The largest absolute Gasteiger partial charge is 0.374 e. The number of rotatable bonds is 6. The van der Waals surface area contributed by atoms with Crippen LogP contribution in [0.3, 0.4) is 0 Å². The van der Waals surface area contributed by atoms with Crippen LogP contribution < -0.4 is 5.32 Å². The molecule has 1 heterocycles. The van der Waals surface area contributed by atoms with Crippen molar-refractivity contribution in [3.05, 3.63) is 41.1 Å². The molecule has 0 radical (unpaired) electrons. The minimum atomic E-state index is 0.190. The molecule has 1 atom stereocenters. The zero-order chi connectivity index (χ0) is 14.5. The number of anilines is 1. The van der Waals surface area contributed by atoms with Gasteiger partial charge >= 0.3 is 0 Å². The first-order chi connectivity index (χ1) is 10.4. The third-order valence-corrected chi connectivity index (χ3v) is 4.55. The van der Waals surface area contributed by atoms with E-state index in [4.69, 9.17) is 4.74 Å². The summed E-state index contributed by atoms with van der Waals surface area (Å²) >= 11 is 1.41. The van der Waals surface area contributed by atoms with Gasteiger partial charge in [-0.25, -0.2) is 0 Å². The Morgan fingerprint density at radius 2 is 2.29 bits per heavy atom. The molecule has 0 spiro atoms. The first kappa shape index (κ1) is 14.5. The Morgan fingerprint density at radius 1 is 1.38 bits per heavy atom. The van der Waals surface area contributed by atoms with E-state index in [0.717, 1.165) is 36.5 Å². The van der Waals surface area contributed by atoms with E-state index in [9.17, 15) is 0 Å². The van der Waals surface area contributed by atoms with Crippen molar-refractivity contribution in [3.8, 4) is 0 Å². The Morgan fingerprint density at radius 3 is 3.19 bits per heavy atom. The van der Waals surface area contributed by atoms with Gasteiger partial charge in [-0.3, -0.25) is 0 Å². The van der Waals surface area contributed by atoms with Gasteiger partial charge in [0.1, 0.15) is 10.7 Å². The summed E-state index contributed by atoms with van der Waals surface area (Å²) in [6, 6.07) is 8.61. The fourth-order valence-corrected chi connectivity index (χ4v) is 3.33. The molecule has 0 fully saturated rings. The SMILES string of the molecule is CCCNc1snnc1COC1CCCc2ccccc21. The first-order valence-corrected chi connectivity index (χ1v) is 8.40. The molecule has 1 aromatic carbocycles. The van der Waals surface area contributed by atoms with E-state index in [0.29, 0.717) is 6.61 Å². The average Bonchev–Trinajstić information content (AvgIpc) is 2.98. The first-order valence-electron chi connectivity index (χ1n) is 7.63.